The highest BCUT2D eigenvalue weighted by molar-refractivity contribution is 6.01. The summed E-state index contributed by atoms with van der Waals surface area (Å²) in [6, 6.07) is 17.3. The number of benzene rings is 2. The molecule has 0 radical (unpaired) electrons. The molecule has 0 aromatic heterocycles. The predicted octanol–water partition coefficient (Wildman–Crippen LogP) is 4.91. The van der Waals surface area contributed by atoms with E-state index in [9.17, 15) is 4.79 Å². The summed E-state index contributed by atoms with van der Waals surface area (Å²) >= 11 is 0. The van der Waals surface area contributed by atoms with Gasteiger partial charge in [0.25, 0.3) is 0 Å². The molecule has 2 aromatic carbocycles. The molecule has 0 fully saturated rings. The molecule has 4 rings (SSSR count). The fourth-order valence-corrected chi connectivity index (χ4v) is 4.23. The van der Waals surface area contributed by atoms with Crippen LogP contribution in [0.5, 0.6) is 0 Å². The molecule has 0 bridgehead atoms. The fraction of sp³-hybridized carbons (Fsp3) is 0.286. The zero-order valence-corrected chi connectivity index (χ0v) is 14.5. The third kappa shape index (κ3) is 2.70. The minimum Gasteiger partial charge on any atom is -0.294 e. The van der Waals surface area contributed by atoms with E-state index in [0.29, 0.717) is 12.5 Å². The summed E-state index contributed by atoms with van der Waals surface area (Å²) in [6.07, 6.45) is 4.80. The fourth-order valence-electron chi connectivity index (χ4n) is 4.23. The van der Waals surface area contributed by atoms with Gasteiger partial charge in [0.05, 0.1) is 0 Å². The number of ketones is 1. The average Bonchev–Trinajstić information content (AvgIpc) is 3.15. The van der Waals surface area contributed by atoms with E-state index in [0.717, 1.165) is 24.9 Å². The summed E-state index contributed by atoms with van der Waals surface area (Å²) in [5, 5.41) is 0. The first-order valence-electron chi connectivity index (χ1n) is 8.36. The number of carbonyl (C=O) groups excluding carboxylic acids is 1. The molecular formula is C21H22ClNO. The van der Waals surface area contributed by atoms with Crippen molar-refractivity contribution in [2.24, 2.45) is 0 Å². The molecule has 0 aliphatic heterocycles. The van der Waals surface area contributed by atoms with E-state index in [2.05, 4.69) is 41.8 Å². The molecule has 0 saturated heterocycles. The molecule has 0 amide bonds. The van der Waals surface area contributed by atoms with Crippen molar-refractivity contribution in [1.29, 1.82) is 0 Å². The lowest BCUT2D eigenvalue weighted by atomic mass is 10.0. The van der Waals surface area contributed by atoms with E-state index < -0.39 is 0 Å². The molecule has 2 nitrogen and oxygen atoms in total. The van der Waals surface area contributed by atoms with Crippen molar-refractivity contribution >= 4 is 18.2 Å². The molecule has 0 saturated carbocycles. The first-order chi connectivity index (χ1) is 11.3. The summed E-state index contributed by atoms with van der Waals surface area (Å²) in [7, 11) is 0. The van der Waals surface area contributed by atoms with Crippen LogP contribution in [0.2, 0.25) is 0 Å². The number of aryl methyl sites for hydroxylation is 1. The van der Waals surface area contributed by atoms with Crippen LogP contribution in [-0.2, 0) is 6.42 Å². The first kappa shape index (κ1) is 16.9. The van der Waals surface area contributed by atoms with Gasteiger partial charge in [0, 0.05) is 30.6 Å². The molecule has 2 aliphatic rings. The van der Waals surface area contributed by atoms with Gasteiger partial charge in [-0.15, -0.1) is 19.0 Å². The van der Waals surface area contributed by atoms with Gasteiger partial charge in [0.2, 0.25) is 0 Å². The van der Waals surface area contributed by atoms with E-state index in [1.165, 1.54) is 16.7 Å². The Morgan fingerprint density at radius 3 is 2.54 bits per heavy atom. The standard InChI is InChI=1S/C21H21NO.ClH/c1-2-13-22(19-12-11-15-7-3-4-8-16(15)19)20-14-21(23)18-10-6-5-9-17(18)20;/h2-10,19-20H,1,11-14H2;1H. The molecule has 2 aliphatic carbocycles. The first-order valence-corrected chi connectivity index (χ1v) is 8.36. The molecule has 2 aromatic rings. The van der Waals surface area contributed by atoms with Crippen LogP contribution in [0.3, 0.4) is 0 Å². The predicted molar refractivity (Wildman–Crippen MR) is 99.8 cm³/mol. The molecule has 0 N–H and O–H groups in total. The van der Waals surface area contributed by atoms with Gasteiger partial charge in [-0.05, 0) is 29.5 Å². The van der Waals surface area contributed by atoms with Crippen molar-refractivity contribution in [3.05, 3.63) is 83.4 Å². The Labute approximate surface area is 149 Å². The number of halogens is 1. The van der Waals surface area contributed by atoms with E-state index in [1.807, 2.05) is 24.3 Å². The van der Waals surface area contributed by atoms with Gasteiger partial charge in [-0.2, -0.15) is 0 Å². The highest BCUT2D eigenvalue weighted by Crippen LogP contribution is 2.44. The Kier molecular flexibility index (Phi) is 4.88. The molecule has 24 heavy (non-hydrogen) atoms. The molecular weight excluding hydrogens is 318 g/mol. The van der Waals surface area contributed by atoms with Crippen LogP contribution in [-0.4, -0.2) is 17.2 Å². The van der Waals surface area contributed by atoms with Gasteiger partial charge in [-0.25, -0.2) is 0 Å². The van der Waals surface area contributed by atoms with Crippen LogP contribution < -0.4 is 0 Å². The summed E-state index contributed by atoms with van der Waals surface area (Å²) in [4.78, 5) is 14.9. The van der Waals surface area contributed by atoms with E-state index in [4.69, 9.17) is 0 Å². The summed E-state index contributed by atoms with van der Waals surface area (Å²) in [5.41, 5.74) is 4.96. The second-order valence-corrected chi connectivity index (χ2v) is 6.47. The van der Waals surface area contributed by atoms with Crippen molar-refractivity contribution in [1.82, 2.24) is 4.90 Å². The molecule has 124 valence electrons. The Hall–Kier alpha value is -1.90. The maximum atomic E-state index is 12.4. The zero-order chi connectivity index (χ0) is 15.8. The smallest absolute Gasteiger partial charge is 0.165 e. The quantitative estimate of drug-likeness (QED) is 0.737. The van der Waals surface area contributed by atoms with Crippen LogP contribution in [0.15, 0.2) is 61.2 Å². The maximum absolute atomic E-state index is 12.4. The largest absolute Gasteiger partial charge is 0.294 e. The number of carbonyl (C=O) groups is 1. The van der Waals surface area contributed by atoms with Gasteiger partial charge < -0.3 is 0 Å². The van der Waals surface area contributed by atoms with Gasteiger partial charge in [0.1, 0.15) is 0 Å². The Balaban J connectivity index is 0.00000169. The Bertz CT molecular complexity index is 770. The van der Waals surface area contributed by atoms with Crippen molar-refractivity contribution in [2.45, 2.75) is 31.3 Å². The monoisotopic (exact) mass is 339 g/mol. The minimum atomic E-state index is 0. The van der Waals surface area contributed by atoms with Gasteiger partial charge in [0.15, 0.2) is 5.78 Å². The van der Waals surface area contributed by atoms with Crippen LogP contribution >= 0.6 is 12.4 Å². The molecule has 0 heterocycles. The highest BCUT2D eigenvalue weighted by Gasteiger charge is 2.38. The number of nitrogens with zero attached hydrogens (tertiary/aromatic N) is 1. The minimum absolute atomic E-state index is 0. The van der Waals surface area contributed by atoms with E-state index >= 15 is 0 Å². The number of Topliss-reactive ketones (excluding diaryl/α,β-unsaturated/α-hetero) is 1. The summed E-state index contributed by atoms with van der Waals surface area (Å²) in [5.74, 6) is 0.269. The Morgan fingerprint density at radius 1 is 1.04 bits per heavy atom. The molecule has 2 unspecified atom stereocenters. The average molecular weight is 340 g/mol. The van der Waals surface area contributed by atoms with E-state index in [1.54, 1.807) is 0 Å². The van der Waals surface area contributed by atoms with Gasteiger partial charge >= 0.3 is 0 Å². The van der Waals surface area contributed by atoms with Crippen molar-refractivity contribution in [3.63, 3.8) is 0 Å². The second-order valence-electron chi connectivity index (χ2n) is 6.47. The lowest BCUT2D eigenvalue weighted by Gasteiger charge is -2.34. The van der Waals surface area contributed by atoms with Crippen molar-refractivity contribution in [2.75, 3.05) is 6.54 Å². The Morgan fingerprint density at radius 2 is 1.75 bits per heavy atom. The van der Waals surface area contributed by atoms with Crippen LogP contribution in [0, 0.1) is 0 Å². The third-order valence-corrected chi connectivity index (χ3v) is 5.24. The SMILES string of the molecule is C=CCN(C1CCc2ccccc21)C1CC(=O)c2ccccc21.Cl. The molecule has 3 heteroatoms. The molecule has 0 spiro atoms. The van der Waals surface area contributed by atoms with Gasteiger partial charge in [-0.3, -0.25) is 9.69 Å². The lowest BCUT2D eigenvalue weighted by Crippen LogP contribution is -2.31. The van der Waals surface area contributed by atoms with Crippen LogP contribution in [0.1, 0.15) is 52.0 Å². The number of hydrogen-bond donors (Lipinski definition) is 0. The number of fused-ring (bicyclic) bond motifs is 2. The number of rotatable bonds is 4. The van der Waals surface area contributed by atoms with Crippen molar-refractivity contribution < 1.29 is 4.79 Å². The third-order valence-electron chi connectivity index (χ3n) is 5.24. The number of hydrogen-bond acceptors (Lipinski definition) is 2. The summed E-state index contributed by atoms with van der Waals surface area (Å²) in [6.45, 7) is 4.76. The lowest BCUT2D eigenvalue weighted by molar-refractivity contribution is 0.0925. The maximum Gasteiger partial charge on any atom is 0.165 e. The topological polar surface area (TPSA) is 20.3 Å². The van der Waals surface area contributed by atoms with Crippen LogP contribution in [0.25, 0.3) is 0 Å². The highest BCUT2D eigenvalue weighted by atomic mass is 35.5. The van der Waals surface area contributed by atoms with Crippen LogP contribution in [0.4, 0.5) is 0 Å². The van der Waals surface area contributed by atoms with E-state index in [-0.39, 0.29) is 24.2 Å². The van der Waals surface area contributed by atoms with Gasteiger partial charge in [-0.1, -0.05) is 54.6 Å². The zero-order valence-electron chi connectivity index (χ0n) is 13.7. The second kappa shape index (κ2) is 6.92. The normalized spacial score (nSPS) is 21.3. The molecule has 2 atom stereocenters. The summed E-state index contributed by atoms with van der Waals surface area (Å²) < 4.78 is 0. The van der Waals surface area contributed by atoms with Crippen molar-refractivity contribution in [3.8, 4) is 0 Å².